The summed E-state index contributed by atoms with van der Waals surface area (Å²) in [6.45, 7) is 65.4. The lowest BCUT2D eigenvalue weighted by molar-refractivity contribution is -0.179. The molecule has 0 N–H and O–H groups in total. The molecule has 0 aromatic carbocycles. The zero-order valence-corrected chi connectivity index (χ0v) is 52.0. The highest BCUT2D eigenvalue weighted by atomic mass is 16.6. The Labute approximate surface area is 502 Å². The molecule has 0 rings (SSSR count). The Kier molecular flexibility index (Phi) is 68.2. The van der Waals surface area contributed by atoms with Gasteiger partial charge in [-0.3, -0.25) is 24.0 Å². The van der Waals surface area contributed by atoms with E-state index in [9.17, 15) is 24.0 Å². The third-order valence-corrected chi connectivity index (χ3v) is 15.0. The van der Waals surface area contributed by atoms with Gasteiger partial charge in [0, 0.05) is 0 Å². The molecule has 0 saturated carbocycles. The Morgan fingerprint density at radius 3 is 0.684 bits per heavy atom. The van der Waals surface area contributed by atoms with Crippen LogP contribution in [0.15, 0.2) is 0 Å². The van der Waals surface area contributed by atoms with Gasteiger partial charge in [0.2, 0.25) is 0 Å². The van der Waals surface area contributed by atoms with Crippen molar-refractivity contribution >= 4 is 29.8 Å². The van der Waals surface area contributed by atoms with E-state index >= 15 is 0 Å². The van der Waals surface area contributed by atoms with E-state index < -0.39 is 0 Å². The highest BCUT2D eigenvalue weighted by Gasteiger charge is 2.40. The Morgan fingerprint density at radius 1 is 0.278 bits per heavy atom. The van der Waals surface area contributed by atoms with Crippen LogP contribution in [-0.4, -0.2) is 57.9 Å². The lowest BCUT2D eigenvalue weighted by atomic mass is 9.81. The number of ether oxygens (including phenoxy) is 5. The normalized spacial score (nSPS) is 11.3. The summed E-state index contributed by atoms with van der Waals surface area (Å²) in [5.74, 6) is 0.511. The van der Waals surface area contributed by atoms with Gasteiger partial charge in [0.15, 0.2) is 0 Å². The molecular formula is C69H158O10. The first-order chi connectivity index (χ1) is 30.5. The van der Waals surface area contributed by atoms with E-state index in [1.165, 1.54) is 0 Å². The summed E-state index contributed by atoms with van der Waals surface area (Å²) in [6.07, 6.45) is 6.63. The number of carbonyl (C=O) groups excluding carboxylic acids is 5. The largest absolute Gasteiger partial charge is 0.460 e. The molecule has 494 valence electrons. The van der Waals surface area contributed by atoms with Gasteiger partial charge in [-0.05, 0) is 201 Å². The minimum Gasteiger partial charge on any atom is -0.460 e. The maximum Gasteiger partial charge on any atom is 0.312 e. The fraction of sp³-hybridized carbons (Fsp3) is 0.928. The molecule has 0 fully saturated rings. The standard InChI is InChI=1S/C14H28O2.2C12H24O2.C11H22O2.C10H20O2.10CH4/c1-9-13(6,7)12(15)16-14(8,10(2)3)11(4)5;1-8-11(4,5)10(13)14-12(6,7)9(2)3;1-7-11(4,5)10(13)14-12(6,8-2)9-3;1-7-10(3,4)9(12)13-11(5,6)8-2;1-7-10(5,6)8(11)12-9(2,3)4;;;;;;;;;;/h10-11H,9H2,1-8H3;9H,8H2,1-7H3;7-9H2,1-6H3;7-8H2,1-6H3;7H2,1-6H3;10*1H4. The Hall–Kier alpha value is -2.65. The summed E-state index contributed by atoms with van der Waals surface area (Å²) in [7, 11) is 0. The molecule has 10 nitrogen and oxygen atoms in total. The first kappa shape index (κ1) is 115. The van der Waals surface area contributed by atoms with Crippen LogP contribution in [0, 0.1) is 44.8 Å². The summed E-state index contributed by atoms with van der Waals surface area (Å²) in [6, 6.07) is 0. The van der Waals surface area contributed by atoms with Gasteiger partial charge in [-0.25, -0.2) is 0 Å². The van der Waals surface area contributed by atoms with Crippen molar-refractivity contribution in [1.29, 1.82) is 0 Å². The lowest BCUT2D eigenvalue weighted by Gasteiger charge is -2.39. The number of carbonyl (C=O) groups is 5. The smallest absolute Gasteiger partial charge is 0.312 e. The Bertz CT molecular complexity index is 1460. The summed E-state index contributed by atoms with van der Waals surface area (Å²) < 4.78 is 27.5. The quantitative estimate of drug-likeness (QED) is 0.0857. The molecule has 0 aliphatic heterocycles. The molecule has 0 bridgehead atoms. The molecule has 79 heavy (non-hydrogen) atoms. The number of rotatable bonds is 20. The van der Waals surface area contributed by atoms with E-state index in [0.29, 0.717) is 17.8 Å². The van der Waals surface area contributed by atoms with Crippen LogP contribution in [0.25, 0.3) is 0 Å². The minimum absolute atomic E-state index is 0. The van der Waals surface area contributed by atoms with Gasteiger partial charge in [0.1, 0.15) is 28.0 Å². The predicted molar refractivity (Wildman–Crippen MR) is 358 cm³/mol. The highest BCUT2D eigenvalue weighted by molar-refractivity contribution is 5.78. The summed E-state index contributed by atoms with van der Waals surface area (Å²) >= 11 is 0. The van der Waals surface area contributed by atoms with E-state index in [1.54, 1.807) is 0 Å². The first-order valence-corrected chi connectivity index (χ1v) is 26.6. The SMILES string of the molecule is C.C.C.C.C.C.C.C.C.C.CCC(C)(C)C(=O)OC(C)(C(C)C)C(C)C.CCC(C)(C)C(=O)OC(C)(C)C.CCC(C)(C)C(=O)OC(C)(C)C(C)C.CCC(C)(C)OC(=O)C(C)(C)CC.CCC(C)(CC)OC(=O)C(C)(C)CC. The first-order valence-electron chi connectivity index (χ1n) is 26.6. The van der Waals surface area contributed by atoms with E-state index in [4.69, 9.17) is 23.7 Å². The molecule has 10 heteroatoms. The average molecular weight is 1150 g/mol. The minimum atomic E-state index is -0.384. The fourth-order valence-electron chi connectivity index (χ4n) is 4.09. The van der Waals surface area contributed by atoms with Gasteiger partial charge in [0.05, 0.1) is 27.1 Å². The predicted octanol–water partition coefficient (Wildman–Crippen LogP) is 23.3. The highest BCUT2D eigenvalue weighted by Crippen LogP contribution is 2.35. The van der Waals surface area contributed by atoms with Crippen molar-refractivity contribution in [2.45, 2.75) is 382 Å². The van der Waals surface area contributed by atoms with Crippen molar-refractivity contribution in [2.75, 3.05) is 0 Å². The molecule has 0 atom stereocenters. The van der Waals surface area contributed by atoms with Gasteiger partial charge in [-0.2, -0.15) is 0 Å². The molecule has 0 unspecified atom stereocenters. The van der Waals surface area contributed by atoms with E-state index in [1.807, 2.05) is 173 Å². The maximum absolute atomic E-state index is 12.1. The molecular weight excluding hydrogens is 989 g/mol. The summed E-state index contributed by atoms with van der Waals surface area (Å²) in [4.78, 5) is 58.8. The average Bonchev–Trinajstić information content (AvgIpc) is 3.23. The van der Waals surface area contributed by atoms with Gasteiger partial charge < -0.3 is 23.7 Å². The van der Waals surface area contributed by atoms with Crippen LogP contribution < -0.4 is 0 Å². The number of hydrogen-bond acceptors (Lipinski definition) is 10. The second-order valence-corrected chi connectivity index (χ2v) is 25.8. The second-order valence-electron chi connectivity index (χ2n) is 25.8. The topological polar surface area (TPSA) is 132 Å². The van der Waals surface area contributed by atoms with Gasteiger partial charge in [0.25, 0.3) is 0 Å². The fourth-order valence-corrected chi connectivity index (χ4v) is 4.09. The van der Waals surface area contributed by atoms with Crippen LogP contribution in [-0.2, 0) is 47.7 Å². The summed E-state index contributed by atoms with van der Waals surface area (Å²) in [5, 5.41) is 0. The number of hydrogen-bond donors (Lipinski definition) is 0. The Morgan fingerprint density at radius 2 is 0.494 bits per heavy atom. The van der Waals surface area contributed by atoms with Crippen molar-refractivity contribution in [1.82, 2.24) is 0 Å². The van der Waals surface area contributed by atoms with Crippen LogP contribution in [0.5, 0.6) is 0 Å². The monoisotopic (exact) mass is 1150 g/mol. The van der Waals surface area contributed by atoms with Crippen molar-refractivity contribution in [3.63, 3.8) is 0 Å². The van der Waals surface area contributed by atoms with E-state index in [0.717, 1.165) is 51.4 Å². The third kappa shape index (κ3) is 45.5. The third-order valence-electron chi connectivity index (χ3n) is 15.0. The zero-order chi connectivity index (χ0) is 56.8. The van der Waals surface area contributed by atoms with Gasteiger partial charge in [-0.1, -0.05) is 171 Å². The maximum atomic E-state index is 12.1. The molecule has 0 aromatic rings. The zero-order valence-electron chi connectivity index (χ0n) is 52.0. The molecule has 0 aromatic heterocycles. The molecule has 0 amide bonds. The van der Waals surface area contributed by atoms with Crippen LogP contribution in [0.2, 0.25) is 0 Å². The van der Waals surface area contributed by atoms with Crippen LogP contribution in [0.1, 0.15) is 354 Å². The van der Waals surface area contributed by atoms with Crippen LogP contribution >= 0.6 is 0 Å². The van der Waals surface area contributed by atoms with Crippen LogP contribution in [0.3, 0.4) is 0 Å². The van der Waals surface area contributed by atoms with Crippen LogP contribution in [0.4, 0.5) is 0 Å². The second kappa shape index (κ2) is 46.8. The summed E-state index contributed by atoms with van der Waals surface area (Å²) in [5.41, 5.74) is -3.55. The molecule has 0 spiro atoms. The van der Waals surface area contributed by atoms with Crippen molar-refractivity contribution in [2.24, 2.45) is 44.8 Å². The number of esters is 5. The van der Waals surface area contributed by atoms with E-state index in [-0.39, 0.29) is 159 Å². The molecule has 0 aliphatic carbocycles. The molecule has 0 radical (unpaired) electrons. The van der Waals surface area contributed by atoms with Crippen molar-refractivity contribution in [3.8, 4) is 0 Å². The van der Waals surface area contributed by atoms with Crippen molar-refractivity contribution in [3.05, 3.63) is 0 Å². The molecule has 0 aliphatic rings. The van der Waals surface area contributed by atoms with Gasteiger partial charge >= 0.3 is 29.8 Å². The lowest BCUT2D eigenvalue weighted by Crippen LogP contribution is -2.45. The molecule has 0 heterocycles. The Balaban J connectivity index is -0.0000000484. The van der Waals surface area contributed by atoms with Gasteiger partial charge in [-0.15, -0.1) is 0 Å². The molecule has 0 saturated heterocycles. The van der Waals surface area contributed by atoms with Crippen molar-refractivity contribution < 1.29 is 47.7 Å². The van der Waals surface area contributed by atoms with E-state index in [2.05, 4.69) is 55.4 Å².